The molecule has 0 aromatic carbocycles. The number of nitrogens with one attached hydrogen (secondary N) is 1. The number of hydrogen-bond donors (Lipinski definition) is 0. The minimum atomic E-state index is 0.221. The van der Waals surface area contributed by atoms with Crippen molar-refractivity contribution in [1.82, 2.24) is 5.73 Å². The molecule has 65 valence electrons. The second-order valence-electron chi connectivity index (χ2n) is 4.43. The third-order valence-corrected chi connectivity index (χ3v) is 3.02. The zero-order valence-electron chi connectivity index (χ0n) is 7.93. The van der Waals surface area contributed by atoms with E-state index >= 15 is 0 Å². The summed E-state index contributed by atoms with van der Waals surface area (Å²) in [5.74, 6) is 2.18. The molecule has 1 aliphatic rings. The van der Waals surface area contributed by atoms with Crippen LogP contribution in [0, 0.1) is 17.8 Å². The molecule has 0 saturated heterocycles. The van der Waals surface area contributed by atoms with E-state index in [0.717, 1.165) is 12.3 Å². The molecule has 0 aliphatic heterocycles. The topological polar surface area (TPSA) is 23.8 Å². The Balaban J connectivity index is 2.44. The molecule has 1 heteroatoms. The highest BCUT2D eigenvalue weighted by Gasteiger charge is 2.28. The van der Waals surface area contributed by atoms with Crippen LogP contribution < -0.4 is 5.73 Å². The van der Waals surface area contributed by atoms with Gasteiger partial charge in [-0.3, -0.25) is 5.73 Å². The Hall–Kier alpha value is -0.0400. The molecule has 0 heterocycles. The van der Waals surface area contributed by atoms with Crippen molar-refractivity contribution < 1.29 is 0 Å². The fourth-order valence-corrected chi connectivity index (χ4v) is 2.20. The maximum absolute atomic E-state index is 7.89. The van der Waals surface area contributed by atoms with Crippen LogP contribution in [0.2, 0.25) is 0 Å². The Morgan fingerprint density at radius 2 is 1.91 bits per heavy atom. The number of rotatable bonds is 1. The lowest BCUT2D eigenvalue weighted by Gasteiger charge is -2.34. The normalized spacial score (nSPS) is 39.5. The lowest BCUT2D eigenvalue weighted by molar-refractivity contribution is 0.195. The predicted octanol–water partition coefficient (Wildman–Crippen LogP) is 2.73. The zero-order valence-corrected chi connectivity index (χ0v) is 7.93. The van der Waals surface area contributed by atoms with Crippen LogP contribution in [-0.4, -0.2) is 6.04 Å². The van der Waals surface area contributed by atoms with Crippen LogP contribution in [-0.2, 0) is 0 Å². The molecular formula is C10H20N. The van der Waals surface area contributed by atoms with E-state index in [1.807, 2.05) is 0 Å². The van der Waals surface area contributed by atoms with Crippen molar-refractivity contribution in [2.24, 2.45) is 17.8 Å². The van der Waals surface area contributed by atoms with Gasteiger partial charge in [0.15, 0.2) is 0 Å². The van der Waals surface area contributed by atoms with E-state index in [2.05, 4.69) is 20.8 Å². The van der Waals surface area contributed by atoms with Crippen LogP contribution in [0.15, 0.2) is 0 Å². The Labute approximate surface area is 70.4 Å². The molecule has 0 bridgehead atoms. The molecule has 1 nitrogen and oxygen atoms in total. The molecule has 0 amide bonds. The first-order chi connectivity index (χ1) is 5.11. The molecule has 1 aliphatic carbocycles. The van der Waals surface area contributed by atoms with E-state index in [9.17, 15) is 0 Å². The molecule has 11 heavy (non-hydrogen) atoms. The van der Waals surface area contributed by atoms with Gasteiger partial charge in [0.1, 0.15) is 0 Å². The standard InChI is InChI=1S/C10H20N/c1-7(2)9-5-4-8(3)6-10(9)11/h7-11H,4-6H2,1-3H3. The summed E-state index contributed by atoms with van der Waals surface area (Å²) in [7, 11) is 0. The zero-order chi connectivity index (χ0) is 8.43. The van der Waals surface area contributed by atoms with Gasteiger partial charge < -0.3 is 0 Å². The van der Waals surface area contributed by atoms with Crippen molar-refractivity contribution in [2.45, 2.75) is 46.1 Å². The van der Waals surface area contributed by atoms with E-state index in [1.54, 1.807) is 0 Å². The molecule has 0 aromatic heterocycles. The fraction of sp³-hybridized carbons (Fsp3) is 1.00. The molecule has 1 saturated carbocycles. The Kier molecular flexibility index (Phi) is 2.94. The van der Waals surface area contributed by atoms with Gasteiger partial charge in [-0.2, -0.15) is 0 Å². The first-order valence-electron chi connectivity index (χ1n) is 4.82. The highest BCUT2D eigenvalue weighted by Crippen LogP contribution is 2.32. The molecule has 1 rings (SSSR count). The molecule has 3 unspecified atom stereocenters. The quantitative estimate of drug-likeness (QED) is 0.554. The van der Waals surface area contributed by atoms with Crippen LogP contribution in [0.25, 0.3) is 0 Å². The van der Waals surface area contributed by atoms with Crippen LogP contribution in [0.5, 0.6) is 0 Å². The van der Waals surface area contributed by atoms with Gasteiger partial charge >= 0.3 is 0 Å². The third kappa shape index (κ3) is 2.19. The smallest absolute Gasteiger partial charge is 0.0246 e. The molecule has 1 fully saturated rings. The van der Waals surface area contributed by atoms with Gasteiger partial charge in [-0.05, 0) is 30.6 Å². The van der Waals surface area contributed by atoms with Gasteiger partial charge in [-0.25, -0.2) is 0 Å². The molecule has 1 N–H and O–H groups in total. The maximum Gasteiger partial charge on any atom is 0.0246 e. The van der Waals surface area contributed by atoms with Crippen LogP contribution in [0.3, 0.4) is 0 Å². The summed E-state index contributed by atoms with van der Waals surface area (Å²) in [6, 6.07) is 0.221. The van der Waals surface area contributed by atoms with E-state index in [1.165, 1.54) is 12.8 Å². The lowest BCUT2D eigenvalue weighted by atomic mass is 9.74. The van der Waals surface area contributed by atoms with Gasteiger partial charge in [-0.1, -0.05) is 27.2 Å². The van der Waals surface area contributed by atoms with Gasteiger partial charge in [0.2, 0.25) is 0 Å². The summed E-state index contributed by atoms with van der Waals surface area (Å²) < 4.78 is 0. The van der Waals surface area contributed by atoms with Gasteiger partial charge in [-0.15, -0.1) is 0 Å². The maximum atomic E-state index is 7.89. The van der Waals surface area contributed by atoms with Crippen molar-refractivity contribution in [3.63, 3.8) is 0 Å². The van der Waals surface area contributed by atoms with Crippen LogP contribution in [0.1, 0.15) is 40.0 Å². The summed E-state index contributed by atoms with van der Waals surface area (Å²) in [6.45, 7) is 6.78. The highest BCUT2D eigenvalue weighted by atomic mass is 14.7. The van der Waals surface area contributed by atoms with Crippen molar-refractivity contribution in [3.05, 3.63) is 0 Å². The van der Waals surface area contributed by atoms with Crippen molar-refractivity contribution in [3.8, 4) is 0 Å². The summed E-state index contributed by atoms with van der Waals surface area (Å²) in [5.41, 5.74) is 7.89. The van der Waals surface area contributed by atoms with Gasteiger partial charge in [0.25, 0.3) is 0 Å². The first-order valence-corrected chi connectivity index (χ1v) is 4.82. The average molecular weight is 154 g/mol. The molecule has 1 radical (unpaired) electrons. The van der Waals surface area contributed by atoms with Crippen LogP contribution >= 0.6 is 0 Å². The highest BCUT2D eigenvalue weighted by molar-refractivity contribution is 4.82. The minimum Gasteiger partial charge on any atom is -0.254 e. The van der Waals surface area contributed by atoms with Crippen LogP contribution in [0.4, 0.5) is 0 Å². The monoisotopic (exact) mass is 154 g/mol. The predicted molar refractivity (Wildman–Crippen MR) is 48.2 cm³/mol. The van der Waals surface area contributed by atoms with E-state index in [0.29, 0.717) is 11.8 Å². The van der Waals surface area contributed by atoms with E-state index in [-0.39, 0.29) is 6.04 Å². The molecule has 3 atom stereocenters. The van der Waals surface area contributed by atoms with E-state index < -0.39 is 0 Å². The summed E-state index contributed by atoms with van der Waals surface area (Å²) >= 11 is 0. The largest absolute Gasteiger partial charge is 0.254 e. The second kappa shape index (κ2) is 3.57. The average Bonchev–Trinajstić information content (AvgIpc) is 1.85. The Morgan fingerprint density at radius 3 is 2.36 bits per heavy atom. The molecule has 0 aromatic rings. The van der Waals surface area contributed by atoms with Crippen molar-refractivity contribution in [2.75, 3.05) is 0 Å². The second-order valence-corrected chi connectivity index (χ2v) is 4.43. The molecule has 0 spiro atoms. The third-order valence-electron chi connectivity index (χ3n) is 3.02. The Morgan fingerprint density at radius 1 is 1.27 bits per heavy atom. The Bertz CT molecular complexity index is 120. The summed E-state index contributed by atoms with van der Waals surface area (Å²) in [6.07, 6.45) is 3.76. The SMILES string of the molecule is CC1CCC(C(C)C)C([NH])C1. The van der Waals surface area contributed by atoms with Crippen molar-refractivity contribution >= 4 is 0 Å². The summed E-state index contributed by atoms with van der Waals surface area (Å²) in [5, 5.41) is 0. The van der Waals surface area contributed by atoms with Gasteiger partial charge in [0, 0.05) is 6.04 Å². The number of hydrogen-bond acceptors (Lipinski definition) is 0. The van der Waals surface area contributed by atoms with Gasteiger partial charge in [0.05, 0.1) is 0 Å². The summed E-state index contributed by atoms with van der Waals surface area (Å²) in [4.78, 5) is 0. The first kappa shape index (κ1) is 9.05. The van der Waals surface area contributed by atoms with E-state index in [4.69, 9.17) is 5.73 Å². The minimum absolute atomic E-state index is 0.221. The fourth-order valence-electron chi connectivity index (χ4n) is 2.20. The molecular weight excluding hydrogens is 134 g/mol. The van der Waals surface area contributed by atoms with Crippen molar-refractivity contribution in [1.29, 1.82) is 0 Å². The lowest BCUT2D eigenvalue weighted by Crippen LogP contribution is -2.32.